The minimum Gasteiger partial charge on any atom is -0.462 e. The summed E-state index contributed by atoms with van der Waals surface area (Å²) in [6.45, 7) is 6.38. The number of hydrogen-bond acceptors (Lipinski definition) is 6. The molecular weight excluding hydrogens is 358 g/mol. The third-order valence-corrected chi connectivity index (χ3v) is 10.1. The molecular formula is C22H33NO5. The molecule has 1 spiro atoms. The van der Waals surface area contributed by atoms with Gasteiger partial charge in [0.25, 0.3) is 0 Å². The Kier molecular flexibility index (Phi) is 3.44. The largest absolute Gasteiger partial charge is 0.462 e. The van der Waals surface area contributed by atoms with E-state index in [1.54, 1.807) is 7.11 Å². The third kappa shape index (κ3) is 1.68. The van der Waals surface area contributed by atoms with Gasteiger partial charge in [-0.2, -0.15) is 0 Å². The topological polar surface area (TPSA) is 79.2 Å². The van der Waals surface area contributed by atoms with Crippen LogP contribution in [0.4, 0.5) is 0 Å². The minimum atomic E-state index is -1.17. The van der Waals surface area contributed by atoms with Crippen molar-refractivity contribution in [3.8, 4) is 0 Å². The van der Waals surface area contributed by atoms with Crippen molar-refractivity contribution in [2.24, 2.45) is 34.5 Å². The number of methoxy groups -OCH3 is 1. The average Bonchev–Trinajstić information content (AvgIpc) is 2.73. The van der Waals surface area contributed by atoms with Gasteiger partial charge in [-0.15, -0.1) is 0 Å². The Labute approximate surface area is 166 Å². The molecule has 6 nitrogen and oxygen atoms in total. The summed E-state index contributed by atoms with van der Waals surface area (Å²) in [7, 11) is 1.79. The van der Waals surface area contributed by atoms with Gasteiger partial charge in [-0.3, -0.25) is 9.69 Å². The van der Waals surface area contributed by atoms with Crippen LogP contribution in [0.3, 0.4) is 0 Å². The highest BCUT2D eigenvalue weighted by Crippen LogP contribution is 2.77. The normalized spacial score (nSPS) is 61.8. The molecule has 9 bridgehead atoms. The van der Waals surface area contributed by atoms with Crippen molar-refractivity contribution < 1.29 is 24.5 Å². The summed E-state index contributed by atoms with van der Waals surface area (Å²) < 4.78 is 11.9. The van der Waals surface area contributed by atoms with Gasteiger partial charge in [-0.05, 0) is 50.0 Å². The van der Waals surface area contributed by atoms with Gasteiger partial charge in [0.15, 0.2) is 0 Å². The Morgan fingerprint density at radius 3 is 2.82 bits per heavy atom. The number of carbonyl (C=O) groups excluding carboxylic acids is 1. The number of piperidine rings is 1. The van der Waals surface area contributed by atoms with Gasteiger partial charge in [-0.25, -0.2) is 0 Å². The van der Waals surface area contributed by atoms with Crippen molar-refractivity contribution in [3.63, 3.8) is 0 Å². The van der Waals surface area contributed by atoms with E-state index >= 15 is 0 Å². The number of rotatable bonds is 2. The van der Waals surface area contributed by atoms with E-state index in [9.17, 15) is 15.0 Å². The summed E-state index contributed by atoms with van der Waals surface area (Å²) in [5, 5.41) is 23.9. The third-order valence-electron chi connectivity index (χ3n) is 10.1. The second-order valence-electron chi connectivity index (χ2n) is 10.8. The maximum absolute atomic E-state index is 13.1. The van der Waals surface area contributed by atoms with Gasteiger partial charge in [0, 0.05) is 36.9 Å². The summed E-state index contributed by atoms with van der Waals surface area (Å²) in [5.74, 6) is -0.969. The van der Waals surface area contributed by atoms with Gasteiger partial charge in [-0.1, -0.05) is 13.8 Å². The molecule has 0 amide bonds. The number of esters is 1. The summed E-state index contributed by atoms with van der Waals surface area (Å²) >= 11 is 0. The van der Waals surface area contributed by atoms with Crippen LogP contribution in [-0.4, -0.2) is 71.2 Å². The van der Waals surface area contributed by atoms with Crippen molar-refractivity contribution >= 4 is 5.97 Å². The number of ether oxygens (including phenoxy) is 2. The Morgan fingerprint density at radius 2 is 2.11 bits per heavy atom. The zero-order valence-electron chi connectivity index (χ0n) is 17.1. The van der Waals surface area contributed by atoms with Crippen LogP contribution in [0.1, 0.15) is 46.0 Å². The number of nitrogens with zero attached hydrogens (tertiary/aromatic N) is 1. The van der Waals surface area contributed by atoms with Crippen LogP contribution < -0.4 is 0 Å². The molecule has 3 saturated heterocycles. The molecule has 7 fully saturated rings. The van der Waals surface area contributed by atoms with Gasteiger partial charge in [0.2, 0.25) is 0 Å². The number of hydrogen-bond donors (Lipinski definition) is 2. The average molecular weight is 392 g/mol. The van der Waals surface area contributed by atoms with Crippen LogP contribution in [0.5, 0.6) is 0 Å². The monoisotopic (exact) mass is 391 g/mol. The van der Waals surface area contributed by atoms with Crippen LogP contribution >= 0.6 is 0 Å². The van der Waals surface area contributed by atoms with E-state index in [-0.39, 0.29) is 52.8 Å². The summed E-state index contributed by atoms with van der Waals surface area (Å²) in [6.07, 6.45) is 3.38. The van der Waals surface area contributed by atoms with Crippen molar-refractivity contribution in [1.82, 2.24) is 4.90 Å². The highest BCUT2D eigenvalue weighted by molar-refractivity contribution is 5.77. The molecule has 3 heterocycles. The first-order chi connectivity index (χ1) is 13.3. The van der Waals surface area contributed by atoms with Crippen LogP contribution in [0.2, 0.25) is 0 Å². The maximum Gasteiger partial charge on any atom is 0.312 e. The molecule has 6 heteroatoms. The molecule has 28 heavy (non-hydrogen) atoms. The lowest BCUT2D eigenvalue weighted by Crippen LogP contribution is -2.76. The molecule has 4 aliphatic carbocycles. The van der Waals surface area contributed by atoms with Crippen LogP contribution in [0.25, 0.3) is 0 Å². The van der Waals surface area contributed by atoms with E-state index in [2.05, 4.69) is 18.7 Å². The molecule has 2 N–H and O–H groups in total. The van der Waals surface area contributed by atoms with E-state index in [0.29, 0.717) is 12.8 Å². The maximum atomic E-state index is 13.1. The fraction of sp³-hybridized carbons (Fsp3) is 0.955. The second kappa shape index (κ2) is 5.32. The van der Waals surface area contributed by atoms with Crippen molar-refractivity contribution in [2.45, 2.75) is 75.9 Å². The number of fused-ring (bicyclic) bond motifs is 2. The zero-order chi connectivity index (χ0) is 19.6. The van der Waals surface area contributed by atoms with Gasteiger partial charge in [0.05, 0.1) is 23.7 Å². The molecule has 4 saturated carbocycles. The van der Waals surface area contributed by atoms with Gasteiger partial charge in [0.1, 0.15) is 6.10 Å². The molecule has 0 unspecified atom stereocenters. The lowest BCUT2D eigenvalue weighted by atomic mass is 9.42. The molecule has 0 radical (unpaired) electrons. The van der Waals surface area contributed by atoms with E-state index in [1.807, 2.05) is 0 Å². The summed E-state index contributed by atoms with van der Waals surface area (Å²) in [5.41, 5.74) is -1.46. The van der Waals surface area contributed by atoms with E-state index in [1.165, 1.54) is 0 Å². The first kappa shape index (κ1) is 18.1. The Balaban J connectivity index is 1.66. The Hall–Kier alpha value is -0.690. The first-order valence-corrected chi connectivity index (χ1v) is 11.2. The van der Waals surface area contributed by atoms with Crippen molar-refractivity contribution in [3.05, 3.63) is 0 Å². The minimum absolute atomic E-state index is 0.0123. The molecule has 3 aliphatic heterocycles. The number of likely N-dealkylation sites (tertiary alicyclic amines) is 1. The lowest BCUT2D eigenvalue weighted by molar-refractivity contribution is -0.269. The first-order valence-electron chi connectivity index (χ1n) is 11.2. The fourth-order valence-corrected chi connectivity index (χ4v) is 9.64. The Bertz CT molecular complexity index is 730. The SMILES string of the molecule is CCN1C[C@]2(C)CC[C@H](OC)[C@@]34[C@@H]5C[C@@H]6CC[C@](O)([C@H]([C@@H](O)[C@H]23)[C@@H]14)[C@H]5C(=O)O6. The van der Waals surface area contributed by atoms with E-state index < -0.39 is 17.6 Å². The van der Waals surface area contributed by atoms with Crippen molar-refractivity contribution in [2.75, 3.05) is 20.2 Å². The second-order valence-corrected chi connectivity index (χ2v) is 10.8. The molecule has 0 aromatic heterocycles. The molecule has 156 valence electrons. The van der Waals surface area contributed by atoms with Gasteiger partial charge >= 0.3 is 5.97 Å². The van der Waals surface area contributed by atoms with Gasteiger partial charge < -0.3 is 19.7 Å². The number of aliphatic hydroxyl groups is 2. The van der Waals surface area contributed by atoms with Crippen molar-refractivity contribution in [1.29, 1.82) is 0 Å². The standard InChI is InChI=1S/C22H33NO5/c1-4-23-10-20(2)7-6-13(27-3)22-12-9-11-5-8-21(26,14(12)19(25)28-11)15(18(22)23)16(24)17(20)22/h11-18,24,26H,4-10H2,1-3H3/t11-,12+,13-,14+,15+,16+,17+,18+,20-,21+,22-/m0/s1. The van der Waals surface area contributed by atoms with Crippen LogP contribution in [0, 0.1) is 34.5 Å². The number of aliphatic hydroxyl groups excluding tert-OH is 1. The molecule has 11 atom stereocenters. The highest BCUT2D eigenvalue weighted by Gasteiger charge is 2.84. The Morgan fingerprint density at radius 1 is 1.32 bits per heavy atom. The smallest absolute Gasteiger partial charge is 0.312 e. The van der Waals surface area contributed by atoms with Crippen LogP contribution in [-0.2, 0) is 14.3 Å². The van der Waals surface area contributed by atoms with Crippen LogP contribution in [0.15, 0.2) is 0 Å². The molecule has 0 aromatic carbocycles. The zero-order valence-corrected chi connectivity index (χ0v) is 17.1. The van der Waals surface area contributed by atoms with E-state index in [0.717, 1.165) is 32.4 Å². The molecule has 7 aliphatic rings. The molecule has 0 aromatic rings. The predicted octanol–water partition coefficient (Wildman–Crippen LogP) is 1.19. The fourth-order valence-electron chi connectivity index (χ4n) is 9.64. The van der Waals surface area contributed by atoms with E-state index in [4.69, 9.17) is 9.47 Å². The molecule has 7 rings (SSSR count). The summed E-state index contributed by atoms with van der Waals surface area (Å²) in [4.78, 5) is 15.6. The lowest BCUT2D eigenvalue weighted by Gasteiger charge is -2.69. The predicted molar refractivity (Wildman–Crippen MR) is 100 cm³/mol. The number of carbonyl (C=O) groups is 1. The summed E-state index contributed by atoms with van der Waals surface area (Å²) in [6, 6.07) is 0.0757. The quantitative estimate of drug-likeness (QED) is 0.689. The highest BCUT2D eigenvalue weighted by atomic mass is 16.5.